The van der Waals surface area contributed by atoms with E-state index in [1.807, 2.05) is 35.2 Å². The van der Waals surface area contributed by atoms with Crippen LogP contribution in [0.1, 0.15) is 101 Å². The third kappa shape index (κ3) is 9.91. The maximum atomic E-state index is 13.5. The summed E-state index contributed by atoms with van der Waals surface area (Å²) in [6, 6.07) is 9.02. The zero-order valence-corrected chi connectivity index (χ0v) is 28.8. The molecular weight excluding hydrogens is 635 g/mol. The number of fused-ring (bicyclic) bond motifs is 4. The number of aromatic nitrogens is 2. The van der Waals surface area contributed by atoms with E-state index in [2.05, 4.69) is 45.1 Å². The van der Waals surface area contributed by atoms with E-state index in [0.717, 1.165) is 24.9 Å². The minimum atomic E-state index is -0.476. The monoisotopic (exact) mass is 679 g/mol. The number of rotatable bonds is 5. The Morgan fingerprint density at radius 2 is 1.60 bits per heavy atom. The van der Waals surface area contributed by atoms with Crippen LogP contribution in [-0.2, 0) is 16.0 Å². The van der Waals surface area contributed by atoms with E-state index in [-0.39, 0.29) is 47.7 Å². The van der Waals surface area contributed by atoms with E-state index in [4.69, 9.17) is 0 Å². The zero-order chi connectivity index (χ0) is 33.2. The van der Waals surface area contributed by atoms with Crippen molar-refractivity contribution in [2.45, 2.75) is 70.9 Å². The number of piperidine rings is 1. The summed E-state index contributed by atoms with van der Waals surface area (Å²) >= 11 is 2.69. The van der Waals surface area contributed by atoms with Gasteiger partial charge in [-0.15, -0.1) is 22.7 Å². The maximum absolute atomic E-state index is 13.5. The van der Waals surface area contributed by atoms with E-state index >= 15 is 0 Å². The normalized spacial score (nSPS) is 22.1. The highest BCUT2D eigenvalue weighted by Crippen LogP contribution is 2.27. The molecule has 1 saturated heterocycles. The Bertz CT molecular complexity index is 1500. The molecule has 11 nitrogen and oxygen atoms in total. The molecule has 4 bridgehead atoms. The second-order valence-corrected chi connectivity index (χ2v) is 14.5. The van der Waals surface area contributed by atoms with Crippen LogP contribution in [0.4, 0.5) is 0 Å². The van der Waals surface area contributed by atoms with Gasteiger partial charge in [0.2, 0.25) is 11.8 Å². The second-order valence-electron chi connectivity index (χ2n) is 12.7. The first-order chi connectivity index (χ1) is 22.8. The lowest BCUT2D eigenvalue weighted by molar-refractivity contribution is -0.136. The van der Waals surface area contributed by atoms with Crippen LogP contribution in [0.5, 0.6) is 0 Å². The van der Waals surface area contributed by atoms with Crippen LogP contribution >= 0.6 is 22.7 Å². The summed E-state index contributed by atoms with van der Waals surface area (Å²) in [6.07, 6.45) is 4.35. The van der Waals surface area contributed by atoms with Crippen molar-refractivity contribution in [2.24, 2.45) is 11.8 Å². The summed E-state index contributed by atoms with van der Waals surface area (Å²) in [5.74, 6) is -0.434. The number of nitrogens with zero attached hydrogens (tertiary/aromatic N) is 3. The van der Waals surface area contributed by atoms with E-state index in [1.54, 1.807) is 10.8 Å². The maximum Gasteiger partial charge on any atom is 0.271 e. The fraction of sp³-hybridized carbons (Fsp3) is 0.529. The van der Waals surface area contributed by atoms with Gasteiger partial charge in [-0.1, -0.05) is 44.2 Å². The molecule has 1 unspecified atom stereocenters. The van der Waals surface area contributed by atoms with Gasteiger partial charge in [0.05, 0.1) is 18.0 Å². The first-order valence-corrected chi connectivity index (χ1v) is 18.4. The van der Waals surface area contributed by atoms with Gasteiger partial charge in [-0.3, -0.25) is 19.2 Å². The number of thiazole rings is 2. The minimum absolute atomic E-state index is 0.0789. The number of amides is 4. The Hall–Kier alpha value is -3.68. The van der Waals surface area contributed by atoms with Gasteiger partial charge < -0.3 is 26.2 Å². The standard InChI is InChI=1S/C34H45N7O4S2/c1-22(2)17-25-32-40-28(21-47-32)31(44)38-26(18-23-9-4-3-5-10-23)33-39-27(20-46-33)30(43)36-14-8-16-41(15-7-12-29(42)37-25)34(45)24-11-6-13-35-19-24/h3-5,9-10,20-22,24-26,35H,6-8,11-19H2,1-2H3,(H,36,43)(H,37,42)(H,38,44)/t24-,25?,26-/m0/s1. The Morgan fingerprint density at radius 1 is 0.894 bits per heavy atom. The third-order valence-electron chi connectivity index (χ3n) is 8.42. The predicted octanol–water partition coefficient (Wildman–Crippen LogP) is 4.26. The van der Waals surface area contributed by atoms with Gasteiger partial charge in [0, 0.05) is 43.4 Å². The smallest absolute Gasteiger partial charge is 0.271 e. The van der Waals surface area contributed by atoms with Gasteiger partial charge in [-0.25, -0.2) is 9.97 Å². The molecular formula is C34H45N7O4S2. The Labute approximate surface area is 284 Å². The molecule has 0 spiro atoms. The molecule has 4 amide bonds. The summed E-state index contributed by atoms with van der Waals surface area (Å²) in [6.45, 7) is 7.09. The number of carbonyl (C=O) groups excluding carboxylic acids is 4. The van der Waals surface area contributed by atoms with Crippen LogP contribution in [-0.4, -0.2) is 71.2 Å². The van der Waals surface area contributed by atoms with Crippen LogP contribution in [0.2, 0.25) is 0 Å². The molecule has 2 aliphatic rings. The molecule has 0 aliphatic carbocycles. The average Bonchev–Trinajstić information content (AvgIpc) is 3.77. The van der Waals surface area contributed by atoms with Crippen molar-refractivity contribution in [2.75, 3.05) is 32.7 Å². The molecule has 0 radical (unpaired) electrons. The van der Waals surface area contributed by atoms with Gasteiger partial charge in [-0.05, 0) is 56.6 Å². The van der Waals surface area contributed by atoms with E-state index in [1.165, 1.54) is 22.7 Å². The van der Waals surface area contributed by atoms with Crippen LogP contribution in [0.3, 0.4) is 0 Å². The lowest BCUT2D eigenvalue weighted by Crippen LogP contribution is -2.44. The Balaban J connectivity index is 1.39. The Kier molecular flexibility index (Phi) is 12.5. The van der Waals surface area contributed by atoms with Gasteiger partial charge in [0.25, 0.3) is 11.8 Å². The molecule has 4 N–H and O–H groups in total. The van der Waals surface area contributed by atoms with Crippen molar-refractivity contribution in [3.05, 3.63) is 68.1 Å². The fourth-order valence-electron chi connectivity index (χ4n) is 5.99. The lowest BCUT2D eigenvalue weighted by Gasteiger charge is -2.30. The van der Waals surface area contributed by atoms with Crippen LogP contribution in [0, 0.1) is 11.8 Å². The molecule has 5 rings (SSSR count). The largest absolute Gasteiger partial charge is 0.351 e. The molecule has 4 heterocycles. The van der Waals surface area contributed by atoms with Crippen molar-refractivity contribution in [1.29, 1.82) is 0 Å². The van der Waals surface area contributed by atoms with Crippen LogP contribution in [0.25, 0.3) is 0 Å². The van der Waals surface area contributed by atoms with E-state index < -0.39 is 6.04 Å². The predicted molar refractivity (Wildman–Crippen MR) is 183 cm³/mol. The minimum Gasteiger partial charge on any atom is -0.351 e. The highest BCUT2D eigenvalue weighted by molar-refractivity contribution is 7.10. The van der Waals surface area contributed by atoms with Crippen LogP contribution in [0.15, 0.2) is 41.1 Å². The molecule has 1 fully saturated rings. The van der Waals surface area contributed by atoms with E-state index in [9.17, 15) is 19.2 Å². The van der Waals surface area contributed by atoms with Gasteiger partial charge in [0.1, 0.15) is 21.4 Å². The van der Waals surface area contributed by atoms with Crippen molar-refractivity contribution in [1.82, 2.24) is 36.1 Å². The highest BCUT2D eigenvalue weighted by Gasteiger charge is 2.28. The Morgan fingerprint density at radius 3 is 2.30 bits per heavy atom. The van der Waals surface area contributed by atoms with Crippen molar-refractivity contribution >= 4 is 46.3 Å². The molecule has 13 heteroatoms. The molecule has 3 atom stereocenters. The molecule has 2 aliphatic heterocycles. The van der Waals surface area contributed by atoms with Crippen molar-refractivity contribution < 1.29 is 19.2 Å². The number of benzene rings is 1. The van der Waals surface area contributed by atoms with Gasteiger partial charge in [-0.2, -0.15) is 0 Å². The number of carbonyl (C=O) groups is 4. The molecule has 3 aromatic rings. The molecule has 1 aromatic carbocycles. The average molecular weight is 680 g/mol. The summed E-state index contributed by atoms with van der Waals surface area (Å²) in [5.41, 5.74) is 1.59. The molecule has 0 saturated carbocycles. The number of hydrogen-bond acceptors (Lipinski definition) is 9. The number of nitrogens with one attached hydrogen (secondary N) is 4. The van der Waals surface area contributed by atoms with Crippen molar-refractivity contribution in [3.8, 4) is 0 Å². The first-order valence-electron chi connectivity index (χ1n) is 16.6. The van der Waals surface area contributed by atoms with E-state index in [0.29, 0.717) is 73.5 Å². The quantitative estimate of drug-likeness (QED) is 0.316. The topological polar surface area (TPSA) is 145 Å². The molecule has 2 aromatic heterocycles. The van der Waals surface area contributed by atoms with Gasteiger partial charge in [0.15, 0.2) is 0 Å². The summed E-state index contributed by atoms with van der Waals surface area (Å²) in [7, 11) is 0. The molecule has 252 valence electrons. The zero-order valence-electron chi connectivity index (χ0n) is 27.1. The third-order valence-corrected chi connectivity index (χ3v) is 10.3. The summed E-state index contributed by atoms with van der Waals surface area (Å²) < 4.78 is 0. The summed E-state index contributed by atoms with van der Waals surface area (Å²) in [4.78, 5) is 64.4. The lowest BCUT2D eigenvalue weighted by atomic mass is 9.98. The second kappa shape index (κ2) is 16.9. The SMILES string of the molecule is CC(C)CC1NC(=O)CCCN(C(=O)[C@H]2CCCNC2)CCCNC(=O)c2csc(n2)[C@H](Cc2ccccc2)NC(=O)c2csc1n2. The van der Waals surface area contributed by atoms with Crippen molar-refractivity contribution in [3.63, 3.8) is 0 Å². The summed E-state index contributed by atoms with van der Waals surface area (Å²) in [5, 5.41) is 17.3. The molecule has 47 heavy (non-hydrogen) atoms. The highest BCUT2D eigenvalue weighted by atomic mass is 32.1. The number of hydrogen-bond donors (Lipinski definition) is 4. The fourth-order valence-corrected chi connectivity index (χ4v) is 7.70. The van der Waals surface area contributed by atoms with Crippen LogP contribution < -0.4 is 21.3 Å². The first kappa shape index (κ1) is 34.6. The van der Waals surface area contributed by atoms with Gasteiger partial charge >= 0.3 is 0 Å².